The van der Waals surface area contributed by atoms with Crippen LogP contribution in [0.2, 0.25) is 0 Å². The first-order valence-electron chi connectivity index (χ1n) is 8.16. The Hall–Kier alpha value is -2.20. The van der Waals surface area contributed by atoms with E-state index in [1.165, 1.54) is 25.3 Å². The van der Waals surface area contributed by atoms with Gasteiger partial charge in [0.15, 0.2) is 0 Å². The van der Waals surface area contributed by atoms with Crippen molar-refractivity contribution >= 4 is 11.9 Å². The summed E-state index contributed by atoms with van der Waals surface area (Å²) in [5.74, 6) is -0.190. The lowest BCUT2D eigenvalue weighted by atomic mass is 10.1. The fourth-order valence-corrected chi connectivity index (χ4v) is 2.88. The standard InChI is InChI=1S/C19H22FN3/c20-18-10-9-16(14-21-22-19-7-3-1-4-8-19)17(13-18)15-23-11-5-2-6-12-23/h1,3-4,7-10,13-14,22H,2,5-6,11-12,15H2. The second-order valence-electron chi connectivity index (χ2n) is 5.92. The molecule has 0 aromatic heterocycles. The van der Waals surface area contributed by atoms with Crippen molar-refractivity contribution in [2.75, 3.05) is 18.5 Å². The first-order chi connectivity index (χ1) is 11.3. The minimum Gasteiger partial charge on any atom is -0.299 e. The van der Waals surface area contributed by atoms with Crippen LogP contribution in [0.4, 0.5) is 10.1 Å². The Labute approximate surface area is 136 Å². The molecule has 0 atom stereocenters. The van der Waals surface area contributed by atoms with Gasteiger partial charge in [-0.1, -0.05) is 30.7 Å². The van der Waals surface area contributed by atoms with E-state index in [1.807, 2.05) is 30.3 Å². The lowest BCUT2D eigenvalue weighted by molar-refractivity contribution is 0.220. The third-order valence-corrected chi connectivity index (χ3v) is 4.12. The van der Waals surface area contributed by atoms with Crippen molar-refractivity contribution in [1.82, 2.24) is 4.90 Å². The monoisotopic (exact) mass is 311 g/mol. The van der Waals surface area contributed by atoms with E-state index >= 15 is 0 Å². The maximum Gasteiger partial charge on any atom is 0.123 e. The topological polar surface area (TPSA) is 27.6 Å². The van der Waals surface area contributed by atoms with Crippen LogP contribution in [0.25, 0.3) is 0 Å². The number of nitrogens with zero attached hydrogens (tertiary/aromatic N) is 2. The molecular formula is C19H22FN3. The molecule has 1 aliphatic heterocycles. The quantitative estimate of drug-likeness (QED) is 0.660. The average molecular weight is 311 g/mol. The summed E-state index contributed by atoms with van der Waals surface area (Å²) >= 11 is 0. The maximum absolute atomic E-state index is 13.6. The molecule has 0 aliphatic carbocycles. The van der Waals surface area contributed by atoms with Crippen LogP contribution < -0.4 is 5.43 Å². The summed E-state index contributed by atoms with van der Waals surface area (Å²) in [7, 11) is 0. The Kier molecular flexibility index (Phi) is 5.37. The molecule has 0 bridgehead atoms. The van der Waals surface area contributed by atoms with Gasteiger partial charge in [-0.2, -0.15) is 5.10 Å². The smallest absolute Gasteiger partial charge is 0.123 e. The van der Waals surface area contributed by atoms with Gasteiger partial charge in [-0.3, -0.25) is 10.3 Å². The highest BCUT2D eigenvalue weighted by Crippen LogP contribution is 2.16. The number of rotatable bonds is 5. The Bertz CT molecular complexity index is 649. The van der Waals surface area contributed by atoms with Gasteiger partial charge in [0, 0.05) is 6.54 Å². The number of anilines is 1. The molecule has 2 aromatic rings. The molecule has 1 heterocycles. The highest BCUT2D eigenvalue weighted by molar-refractivity contribution is 5.82. The fourth-order valence-electron chi connectivity index (χ4n) is 2.88. The predicted molar refractivity (Wildman–Crippen MR) is 93.2 cm³/mol. The van der Waals surface area contributed by atoms with Crippen molar-refractivity contribution < 1.29 is 4.39 Å². The van der Waals surface area contributed by atoms with Crippen LogP contribution in [0.3, 0.4) is 0 Å². The van der Waals surface area contributed by atoms with E-state index < -0.39 is 0 Å². The van der Waals surface area contributed by atoms with Gasteiger partial charge in [0.1, 0.15) is 5.82 Å². The summed E-state index contributed by atoms with van der Waals surface area (Å²) in [5, 5.41) is 4.28. The van der Waals surface area contributed by atoms with Gasteiger partial charge in [0.25, 0.3) is 0 Å². The second-order valence-corrected chi connectivity index (χ2v) is 5.92. The number of hydrogen-bond acceptors (Lipinski definition) is 3. The molecule has 3 rings (SSSR count). The van der Waals surface area contributed by atoms with E-state index in [9.17, 15) is 4.39 Å². The van der Waals surface area contributed by atoms with Gasteiger partial charge in [0.05, 0.1) is 11.9 Å². The number of benzene rings is 2. The van der Waals surface area contributed by atoms with Gasteiger partial charge < -0.3 is 0 Å². The fraction of sp³-hybridized carbons (Fsp3) is 0.316. The van der Waals surface area contributed by atoms with Crippen LogP contribution in [0.5, 0.6) is 0 Å². The molecule has 23 heavy (non-hydrogen) atoms. The molecule has 4 heteroatoms. The number of hydrogen-bond donors (Lipinski definition) is 1. The first-order valence-corrected chi connectivity index (χ1v) is 8.16. The van der Waals surface area contributed by atoms with Crippen LogP contribution in [0.1, 0.15) is 30.4 Å². The third-order valence-electron chi connectivity index (χ3n) is 4.12. The Morgan fingerprint density at radius 3 is 2.61 bits per heavy atom. The highest BCUT2D eigenvalue weighted by Gasteiger charge is 2.12. The zero-order valence-electron chi connectivity index (χ0n) is 13.2. The van der Waals surface area contributed by atoms with Gasteiger partial charge in [-0.25, -0.2) is 4.39 Å². The lowest BCUT2D eigenvalue weighted by Gasteiger charge is -2.27. The van der Waals surface area contributed by atoms with Crippen molar-refractivity contribution in [3.05, 3.63) is 65.5 Å². The minimum absolute atomic E-state index is 0.190. The molecule has 0 amide bonds. The van der Waals surface area contributed by atoms with E-state index in [2.05, 4.69) is 15.4 Å². The Morgan fingerprint density at radius 1 is 1.04 bits per heavy atom. The molecule has 0 unspecified atom stereocenters. The molecule has 1 saturated heterocycles. The molecule has 1 fully saturated rings. The number of para-hydroxylation sites is 1. The number of halogens is 1. The van der Waals surface area contributed by atoms with Crippen LogP contribution in [-0.4, -0.2) is 24.2 Å². The number of hydrazone groups is 1. The molecule has 0 radical (unpaired) electrons. The molecule has 120 valence electrons. The van der Waals surface area contributed by atoms with Crippen LogP contribution in [0, 0.1) is 5.82 Å². The molecular weight excluding hydrogens is 289 g/mol. The summed E-state index contributed by atoms with van der Waals surface area (Å²) in [5.41, 5.74) is 5.88. The summed E-state index contributed by atoms with van der Waals surface area (Å²) in [6.45, 7) is 2.97. The van der Waals surface area contributed by atoms with Crippen molar-refractivity contribution in [2.24, 2.45) is 5.10 Å². The molecule has 3 nitrogen and oxygen atoms in total. The summed E-state index contributed by atoms with van der Waals surface area (Å²) in [6, 6.07) is 14.7. The van der Waals surface area contributed by atoms with Gasteiger partial charge in [-0.05, 0) is 61.3 Å². The minimum atomic E-state index is -0.190. The molecule has 1 N–H and O–H groups in total. The maximum atomic E-state index is 13.6. The molecule has 1 aliphatic rings. The number of piperidine rings is 1. The molecule has 0 saturated carbocycles. The summed E-state index contributed by atoms with van der Waals surface area (Å²) < 4.78 is 13.6. The molecule has 0 spiro atoms. The largest absolute Gasteiger partial charge is 0.299 e. The van der Waals surface area contributed by atoms with E-state index in [4.69, 9.17) is 0 Å². The van der Waals surface area contributed by atoms with Gasteiger partial charge in [-0.15, -0.1) is 0 Å². The van der Waals surface area contributed by atoms with Crippen molar-refractivity contribution in [3.63, 3.8) is 0 Å². The van der Waals surface area contributed by atoms with Crippen molar-refractivity contribution in [1.29, 1.82) is 0 Å². The Balaban J connectivity index is 1.70. The van der Waals surface area contributed by atoms with Crippen molar-refractivity contribution in [3.8, 4) is 0 Å². The first kappa shape index (κ1) is 15.7. The molecule has 2 aromatic carbocycles. The van der Waals surface area contributed by atoms with Crippen LogP contribution in [0.15, 0.2) is 53.6 Å². The SMILES string of the molecule is Fc1ccc(C=NNc2ccccc2)c(CN2CCCCC2)c1. The Morgan fingerprint density at radius 2 is 1.83 bits per heavy atom. The van der Waals surface area contributed by atoms with Crippen LogP contribution in [-0.2, 0) is 6.54 Å². The van der Waals surface area contributed by atoms with E-state index in [0.717, 1.165) is 36.4 Å². The van der Waals surface area contributed by atoms with E-state index in [-0.39, 0.29) is 5.82 Å². The number of nitrogens with one attached hydrogen (secondary N) is 1. The van der Waals surface area contributed by atoms with Gasteiger partial charge >= 0.3 is 0 Å². The summed E-state index contributed by atoms with van der Waals surface area (Å²) in [6.07, 6.45) is 5.53. The predicted octanol–water partition coefficient (Wildman–Crippen LogP) is 4.26. The second kappa shape index (κ2) is 7.88. The highest BCUT2D eigenvalue weighted by atomic mass is 19.1. The van der Waals surface area contributed by atoms with Gasteiger partial charge in [0.2, 0.25) is 0 Å². The summed E-state index contributed by atoms with van der Waals surface area (Å²) in [4.78, 5) is 2.39. The lowest BCUT2D eigenvalue weighted by Crippen LogP contribution is -2.29. The van der Waals surface area contributed by atoms with E-state index in [0.29, 0.717) is 0 Å². The zero-order valence-corrected chi connectivity index (χ0v) is 13.2. The van der Waals surface area contributed by atoms with Crippen molar-refractivity contribution in [2.45, 2.75) is 25.8 Å². The normalized spacial score (nSPS) is 15.9. The zero-order chi connectivity index (χ0) is 15.9. The third kappa shape index (κ3) is 4.63. The number of likely N-dealkylation sites (tertiary alicyclic amines) is 1. The van der Waals surface area contributed by atoms with E-state index in [1.54, 1.807) is 18.3 Å². The van der Waals surface area contributed by atoms with Crippen LogP contribution >= 0.6 is 0 Å². The average Bonchev–Trinajstić information content (AvgIpc) is 2.59.